The van der Waals surface area contributed by atoms with Crippen LogP contribution in [0.1, 0.15) is 12.0 Å². The molecule has 2 rings (SSSR count). The van der Waals surface area contributed by atoms with Gasteiger partial charge in [0.05, 0.1) is 5.56 Å². The van der Waals surface area contributed by atoms with Crippen LogP contribution in [-0.2, 0) is 12.7 Å². The third kappa shape index (κ3) is 2.93. The quantitative estimate of drug-likeness (QED) is 0.872. The zero-order valence-corrected chi connectivity index (χ0v) is 10.2. The van der Waals surface area contributed by atoms with E-state index in [2.05, 4.69) is 15.5 Å². The summed E-state index contributed by atoms with van der Waals surface area (Å²) in [7, 11) is 0. The smallest absolute Gasteiger partial charge is 0.330 e. The molecule has 1 aromatic heterocycles. The van der Waals surface area contributed by atoms with Crippen molar-refractivity contribution in [2.75, 3.05) is 6.54 Å². The molecular weight excluding hydrogens is 278 g/mol. The first-order valence-corrected chi connectivity index (χ1v) is 5.77. The topological polar surface area (TPSA) is 69.6 Å². The maximum atomic E-state index is 13.2. The number of tetrazole rings is 1. The number of rotatable bonds is 4. The highest BCUT2D eigenvalue weighted by molar-refractivity contribution is 5.61. The normalized spacial score (nSPS) is 11.8. The van der Waals surface area contributed by atoms with Crippen LogP contribution in [0.2, 0.25) is 0 Å². The van der Waals surface area contributed by atoms with Crippen LogP contribution in [0.3, 0.4) is 0 Å². The van der Waals surface area contributed by atoms with Gasteiger partial charge in [0, 0.05) is 12.1 Å². The largest absolute Gasteiger partial charge is 0.417 e. The van der Waals surface area contributed by atoms with Crippen LogP contribution in [0.15, 0.2) is 18.2 Å². The van der Waals surface area contributed by atoms with E-state index in [0.29, 0.717) is 19.0 Å². The number of benzene rings is 1. The molecule has 0 saturated heterocycles. The summed E-state index contributed by atoms with van der Waals surface area (Å²) in [5, 5.41) is 10.5. The fourth-order valence-corrected chi connectivity index (χ4v) is 1.74. The van der Waals surface area contributed by atoms with Crippen molar-refractivity contribution in [2.45, 2.75) is 19.1 Å². The summed E-state index contributed by atoms with van der Waals surface area (Å²) in [6.45, 7) is 0.598. The first-order valence-electron chi connectivity index (χ1n) is 5.77. The lowest BCUT2D eigenvalue weighted by Crippen LogP contribution is -2.12. The van der Waals surface area contributed by atoms with Crippen LogP contribution in [-0.4, -0.2) is 26.8 Å². The van der Waals surface area contributed by atoms with Gasteiger partial charge in [-0.3, -0.25) is 0 Å². The Morgan fingerprint density at radius 3 is 2.65 bits per heavy atom. The van der Waals surface area contributed by atoms with Gasteiger partial charge >= 0.3 is 6.18 Å². The van der Waals surface area contributed by atoms with E-state index in [9.17, 15) is 17.6 Å². The fourth-order valence-electron chi connectivity index (χ4n) is 1.74. The van der Waals surface area contributed by atoms with Gasteiger partial charge in [-0.1, -0.05) is 0 Å². The Labute approximate surface area is 111 Å². The molecule has 0 amide bonds. The van der Waals surface area contributed by atoms with Gasteiger partial charge in [0.25, 0.3) is 0 Å². The number of aryl methyl sites for hydroxylation is 1. The molecule has 0 unspecified atom stereocenters. The van der Waals surface area contributed by atoms with Gasteiger partial charge in [0.1, 0.15) is 5.82 Å². The predicted molar refractivity (Wildman–Crippen MR) is 61.9 cm³/mol. The van der Waals surface area contributed by atoms with Crippen LogP contribution < -0.4 is 5.73 Å². The first-order chi connectivity index (χ1) is 9.43. The minimum atomic E-state index is -4.62. The van der Waals surface area contributed by atoms with E-state index in [4.69, 9.17) is 5.73 Å². The van der Waals surface area contributed by atoms with Crippen LogP contribution in [0, 0.1) is 5.82 Å². The molecule has 0 fully saturated rings. The second-order valence-corrected chi connectivity index (χ2v) is 4.06. The van der Waals surface area contributed by atoms with E-state index >= 15 is 0 Å². The second-order valence-electron chi connectivity index (χ2n) is 4.06. The van der Waals surface area contributed by atoms with Crippen LogP contribution in [0.25, 0.3) is 11.4 Å². The van der Waals surface area contributed by atoms with E-state index in [1.54, 1.807) is 0 Å². The number of hydrogen-bond donors (Lipinski definition) is 1. The minimum absolute atomic E-state index is 0.134. The molecule has 1 aromatic carbocycles. The lowest BCUT2D eigenvalue weighted by atomic mass is 10.1. The molecule has 0 saturated carbocycles. The van der Waals surface area contributed by atoms with Crippen molar-refractivity contribution in [3.63, 3.8) is 0 Å². The molecule has 108 valence electrons. The van der Waals surface area contributed by atoms with Crippen LogP contribution >= 0.6 is 0 Å². The summed E-state index contributed by atoms with van der Waals surface area (Å²) in [6, 6.07) is 2.19. The third-order valence-electron chi connectivity index (χ3n) is 2.63. The summed E-state index contributed by atoms with van der Waals surface area (Å²) in [5.74, 6) is -0.924. The van der Waals surface area contributed by atoms with Crippen molar-refractivity contribution in [2.24, 2.45) is 5.73 Å². The number of nitrogens with zero attached hydrogens (tertiary/aromatic N) is 4. The highest BCUT2D eigenvalue weighted by Gasteiger charge is 2.35. The second kappa shape index (κ2) is 5.53. The van der Waals surface area contributed by atoms with Crippen LogP contribution in [0.5, 0.6) is 0 Å². The molecular formula is C11H11F4N5. The van der Waals surface area contributed by atoms with E-state index < -0.39 is 17.6 Å². The zero-order valence-electron chi connectivity index (χ0n) is 10.2. The standard InChI is InChI=1S/C11H11F4N5/c12-7-2-3-9(11(13,14)15)8(6-7)10-17-18-19-20(10)5-1-4-16/h2-3,6H,1,4-5,16H2. The molecule has 1 heterocycles. The monoisotopic (exact) mass is 289 g/mol. The van der Waals surface area contributed by atoms with Crippen molar-refractivity contribution in [3.05, 3.63) is 29.6 Å². The molecule has 0 atom stereocenters. The SMILES string of the molecule is NCCCn1nnnc1-c1cc(F)ccc1C(F)(F)F. The van der Waals surface area contributed by atoms with Gasteiger partial charge in [0.15, 0.2) is 5.82 Å². The van der Waals surface area contributed by atoms with Crippen molar-refractivity contribution in [1.29, 1.82) is 0 Å². The van der Waals surface area contributed by atoms with Crippen LogP contribution in [0.4, 0.5) is 17.6 Å². The lowest BCUT2D eigenvalue weighted by Gasteiger charge is -2.12. The molecule has 0 aliphatic rings. The third-order valence-corrected chi connectivity index (χ3v) is 2.63. The summed E-state index contributed by atoms with van der Waals surface area (Å²) < 4.78 is 53.2. The molecule has 0 radical (unpaired) electrons. The summed E-state index contributed by atoms with van der Waals surface area (Å²) in [4.78, 5) is 0. The predicted octanol–water partition coefficient (Wildman–Crippen LogP) is 1.85. The minimum Gasteiger partial charge on any atom is -0.330 e. The van der Waals surface area contributed by atoms with Gasteiger partial charge in [-0.05, 0) is 41.6 Å². The molecule has 2 aromatic rings. The highest BCUT2D eigenvalue weighted by atomic mass is 19.4. The zero-order chi connectivity index (χ0) is 14.8. The van der Waals surface area contributed by atoms with E-state index in [1.165, 1.54) is 4.68 Å². The summed E-state index contributed by atoms with van der Waals surface area (Å²) >= 11 is 0. The van der Waals surface area contributed by atoms with Gasteiger partial charge in [0.2, 0.25) is 0 Å². The van der Waals surface area contributed by atoms with Gasteiger partial charge < -0.3 is 5.73 Å². The Morgan fingerprint density at radius 1 is 1.25 bits per heavy atom. The number of alkyl halides is 3. The van der Waals surface area contributed by atoms with Crippen molar-refractivity contribution >= 4 is 0 Å². The van der Waals surface area contributed by atoms with Gasteiger partial charge in [-0.2, -0.15) is 13.2 Å². The maximum Gasteiger partial charge on any atom is 0.417 e. The molecule has 0 aliphatic carbocycles. The fraction of sp³-hybridized carbons (Fsp3) is 0.364. The van der Waals surface area contributed by atoms with Crippen molar-refractivity contribution < 1.29 is 17.6 Å². The Hall–Kier alpha value is -2.03. The molecule has 20 heavy (non-hydrogen) atoms. The molecule has 0 bridgehead atoms. The number of aromatic nitrogens is 4. The average Bonchev–Trinajstić information content (AvgIpc) is 2.82. The number of nitrogens with two attached hydrogens (primary N) is 1. The Bertz CT molecular complexity index is 593. The number of hydrogen-bond acceptors (Lipinski definition) is 4. The average molecular weight is 289 g/mol. The summed E-state index contributed by atoms with van der Waals surface area (Å²) in [6.07, 6.45) is -4.12. The number of halogens is 4. The van der Waals surface area contributed by atoms with Crippen molar-refractivity contribution in [3.8, 4) is 11.4 Å². The van der Waals surface area contributed by atoms with Gasteiger partial charge in [-0.15, -0.1) is 5.10 Å². The Morgan fingerprint density at radius 2 is 2.00 bits per heavy atom. The molecule has 0 spiro atoms. The van der Waals surface area contributed by atoms with Crippen molar-refractivity contribution in [1.82, 2.24) is 20.2 Å². The van der Waals surface area contributed by atoms with E-state index in [1.807, 2.05) is 0 Å². The Balaban J connectivity index is 2.52. The molecule has 2 N–H and O–H groups in total. The van der Waals surface area contributed by atoms with Gasteiger partial charge in [-0.25, -0.2) is 9.07 Å². The molecule has 0 aliphatic heterocycles. The highest BCUT2D eigenvalue weighted by Crippen LogP contribution is 2.36. The first kappa shape index (κ1) is 14.4. The van der Waals surface area contributed by atoms with E-state index in [-0.39, 0.29) is 17.9 Å². The summed E-state index contributed by atoms with van der Waals surface area (Å²) in [5.41, 5.74) is 3.96. The van der Waals surface area contributed by atoms with E-state index in [0.717, 1.165) is 12.1 Å². The Kier molecular flexibility index (Phi) is 3.98. The maximum absolute atomic E-state index is 13.2. The molecule has 5 nitrogen and oxygen atoms in total. The lowest BCUT2D eigenvalue weighted by molar-refractivity contribution is -0.137. The molecule has 9 heteroatoms.